The minimum absolute atomic E-state index is 0.551. The molecule has 2 rings (SSSR count). The average molecular weight is 260 g/mol. The van der Waals surface area contributed by atoms with Gasteiger partial charge in [0.05, 0.1) is 4.05 Å². The van der Waals surface area contributed by atoms with Crippen molar-refractivity contribution in [2.75, 3.05) is 5.32 Å². The van der Waals surface area contributed by atoms with Crippen LogP contribution in [0.25, 0.3) is 0 Å². The Kier molecular flexibility index (Phi) is 1.98. The van der Waals surface area contributed by atoms with Crippen LogP contribution in [0.3, 0.4) is 0 Å². The fraction of sp³-hybridized carbons (Fsp3) is 0.375. The molecule has 0 fully saturated rings. The number of pyridine rings is 1. The summed E-state index contributed by atoms with van der Waals surface area (Å²) in [5, 5.41) is 3.34. The van der Waals surface area contributed by atoms with Crippen molar-refractivity contribution in [1.82, 2.24) is 4.98 Å². The van der Waals surface area contributed by atoms with Crippen molar-refractivity contribution in [2.24, 2.45) is 0 Å². The van der Waals surface area contributed by atoms with E-state index in [1.165, 1.54) is 12.0 Å². The number of aromatic nitrogens is 1. The van der Waals surface area contributed by atoms with E-state index in [1.54, 1.807) is 0 Å². The molecule has 0 radical (unpaired) electrons. The van der Waals surface area contributed by atoms with Gasteiger partial charge in [0.25, 0.3) is 0 Å². The van der Waals surface area contributed by atoms with Gasteiger partial charge in [0, 0.05) is 6.20 Å². The number of hydrogen-bond donors (Lipinski definition) is 1. The van der Waals surface area contributed by atoms with E-state index in [2.05, 4.69) is 39.0 Å². The van der Waals surface area contributed by atoms with Crippen molar-refractivity contribution in [3.8, 4) is 0 Å². The number of hydrogen-bond acceptors (Lipinski definition) is 2. The van der Waals surface area contributed by atoms with Gasteiger partial charge in [-0.05, 0) is 24.5 Å². The molecule has 1 atom stereocenters. The first-order chi connectivity index (χ1) is 5.36. The summed E-state index contributed by atoms with van der Waals surface area (Å²) >= 11 is 2.40. The van der Waals surface area contributed by atoms with Gasteiger partial charge < -0.3 is 5.32 Å². The summed E-state index contributed by atoms with van der Waals surface area (Å²) in [6, 6.07) is 4.13. The van der Waals surface area contributed by atoms with E-state index in [1.807, 2.05) is 12.3 Å². The summed E-state index contributed by atoms with van der Waals surface area (Å²) in [4.78, 5) is 4.25. The van der Waals surface area contributed by atoms with Crippen molar-refractivity contribution >= 4 is 28.4 Å². The topological polar surface area (TPSA) is 24.9 Å². The molecule has 0 amide bonds. The molecule has 0 aliphatic carbocycles. The van der Waals surface area contributed by atoms with E-state index in [0.29, 0.717) is 4.05 Å². The molecule has 0 saturated carbocycles. The smallest absolute Gasteiger partial charge is 0.129 e. The largest absolute Gasteiger partial charge is 0.358 e. The number of aryl methyl sites for hydroxylation is 1. The number of fused-ring (bicyclic) bond motifs is 1. The van der Waals surface area contributed by atoms with Gasteiger partial charge in [-0.2, -0.15) is 0 Å². The first kappa shape index (κ1) is 7.34. The van der Waals surface area contributed by atoms with Crippen LogP contribution in [0, 0.1) is 0 Å². The van der Waals surface area contributed by atoms with E-state index in [4.69, 9.17) is 0 Å². The number of halogens is 1. The zero-order valence-corrected chi connectivity index (χ0v) is 8.21. The second-order valence-electron chi connectivity index (χ2n) is 2.66. The summed E-state index contributed by atoms with van der Waals surface area (Å²) in [5.74, 6) is 1.07. The van der Waals surface area contributed by atoms with E-state index in [-0.39, 0.29) is 0 Å². The lowest BCUT2D eigenvalue weighted by atomic mass is 10.1. The average Bonchev–Trinajstić information content (AvgIpc) is 2.04. The van der Waals surface area contributed by atoms with Gasteiger partial charge in [0.1, 0.15) is 5.82 Å². The molecular weight excluding hydrogens is 251 g/mol. The third-order valence-corrected chi connectivity index (χ3v) is 2.79. The third-order valence-electron chi connectivity index (χ3n) is 1.85. The Morgan fingerprint density at radius 2 is 2.55 bits per heavy atom. The molecule has 2 nitrogen and oxygen atoms in total. The summed E-state index contributed by atoms with van der Waals surface area (Å²) < 4.78 is 0.551. The Hall–Kier alpha value is -0.320. The molecule has 1 aromatic rings. The minimum atomic E-state index is 0.551. The number of nitrogens with one attached hydrogen (secondary N) is 1. The van der Waals surface area contributed by atoms with Crippen LogP contribution in [0.15, 0.2) is 18.3 Å². The van der Waals surface area contributed by atoms with Crippen LogP contribution in [-0.2, 0) is 6.42 Å². The maximum Gasteiger partial charge on any atom is 0.129 e. The molecule has 0 bridgehead atoms. The second kappa shape index (κ2) is 2.97. The fourth-order valence-electron chi connectivity index (χ4n) is 1.27. The zero-order chi connectivity index (χ0) is 7.68. The Labute approximate surface area is 79.6 Å². The summed E-state index contributed by atoms with van der Waals surface area (Å²) in [6.07, 6.45) is 4.20. The normalized spacial score (nSPS) is 22.1. The van der Waals surface area contributed by atoms with Gasteiger partial charge in [-0.25, -0.2) is 4.98 Å². The Balaban J connectivity index is 2.34. The maximum atomic E-state index is 4.25. The lowest BCUT2D eigenvalue weighted by molar-refractivity contribution is 0.798. The van der Waals surface area contributed by atoms with Crippen molar-refractivity contribution < 1.29 is 0 Å². The molecule has 1 aliphatic heterocycles. The second-order valence-corrected chi connectivity index (χ2v) is 4.17. The van der Waals surface area contributed by atoms with E-state index >= 15 is 0 Å². The van der Waals surface area contributed by atoms with Crippen molar-refractivity contribution in [3.05, 3.63) is 23.9 Å². The molecule has 1 aromatic heterocycles. The molecule has 1 N–H and O–H groups in total. The fourth-order valence-corrected chi connectivity index (χ4v) is 1.88. The highest BCUT2D eigenvalue weighted by molar-refractivity contribution is 14.1. The van der Waals surface area contributed by atoms with Crippen LogP contribution in [0.4, 0.5) is 5.82 Å². The maximum absolute atomic E-state index is 4.25. The summed E-state index contributed by atoms with van der Waals surface area (Å²) in [5.41, 5.74) is 1.35. The number of rotatable bonds is 0. The van der Waals surface area contributed by atoms with Gasteiger partial charge in [-0.3, -0.25) is 0 Å². The third kappa shape index (κ3) is 1.47. The standard InChI is InChI=1S/C8H9IN2/c9-7-4-3-6-2-1-5-10-8(6)11-7/h1-2,5,7H,3-4H2,(H,10,11). The molecule has 0 aromatic carbocycles. The van der Waals surface area contributed by atoms with Gasteiger partial charge in [-0.1, -0.05) is 28.7 Å². The number of alkyl halides is 1. The SMILES string of the molecule is IC1CCc2cccnc2N1. The molecular formula is C8H9IN2. The lowest BCUT2D eigenvalue weighted by Gasteiger charge is -2.20. The van der Waals surface area contributed by atoms with Crippen molar-refractivity contribution in [2.45, 2.75) is 16.9 Å². The van der Waals surface area contributed by atoms with E-state index in [9.17, 15) is 0 Å². The highest BCUT2D eigenvalue weighted by Crippen LogP contribution is 2.24. The quantitative estimate of drug-likeness (QED) is 0.439. The molecule has 1 unspecified atom stereocenters. The Bertz CT molecular complexity index is 262. The molecule has 58 valence electrons. The van der Waals surface area contributed by atoms with Crippen molar-refractivity contribution in [1.29, 1.82) is 0 Å². The highest BCUT2D eigenvalue weighted by Gasteiger charge is 2.14. The predicted molar refractivity (Wildman–Crippen MR) is 54.0 cm³/mol. The van der Waals surface area contributed by atoms with Crippen LogP contribution in [0.5, 0.6) is 0 Å². The highest BCUT2D eigenvalue weighted by atomic mass is 127. The van der Waals surface area contributed by atoms with Gasteiger partial charge in [-0.15, -0.1) is 0 Å². The molecule has 1 aliphatic rings. The Morgan fingerprint density at radius 3 is 3.45 bits per heavy atom. The van der Waals surface area contributed by atoms with Crippen molar-refractivity contribution in [3.63, 3.8) is 0 Å². The molecule has 3 heteroatoms. The first-order valence-corrected chi connectivity index (χ1v) is 4.95. The first-order valence-electron chi connectivity index (χ1n) is 3.71. The Morgan fingerprint density at radius 1 is 1.64 bits per heavy atom. The van der Waals surface area contributed by atoms with Crippen LogP contribution in [0.2, 0.25) is 0 Å². The number of nitrogens with zero attached hydrogens (tertiary/aromatic N) is 1. The summed E-state index contributed by atoms with van der Waals surface area (Å²) in [6.45, 7) is 0. The van der Waals surface area contributed by atoms with Crippen LogP contribution in [-0.4, -0.2) is 9.03 Å². The molecule has 11 heavy (non-hydrogen) atoms. The minimum Gasteiger partial charge on any atom is -0.358 e. The van der Waals surface area contributed by atoms with Gasteiger partial charge in [0.2, 0.25) is 0 Å². The van der Waals surface area contributed by atoms with Gasteiger partial charge in [0.15, 0.2) is 0 Å². The van der Waals surface area contributed by atoms with E-state index in [0.717, 1.165) is 12.2 Å². The van der Waals surface area contributed by atoms with Gasteiger partial charge >= 0.3 is 0 Å². The molecule has 0 spiro atoms. The lowest BCUT2D eigenvalue weighted by Crippen LogP contribution is -2.19. The monoisotopic (exact) mass is 260 g/mol. The van der Waals surface area contributed by atoms with Crippen LogP contribution >= 0.6 is 22.6 Å². The van der Waals surface area contributed by atoms with Crippen LogP contribution < -0.4 is 5.32 Å². The predicted octanol–water partition coefficient (Wildman–Crippen LogP) is 2.20. The van der Waals surface area contributed by atoms with E-state index < -0.39 is 0 Å². The molecule has 0 saturated heterocycles. The molecule has 2 heterocycles. The zero-order valence-electron chi connectivity index (χ0n) is 6.05. The van der Waals surface area contributed by atoms with Crippen LogP contribution in [0.1, 0.15) is 12.0 Å². The number of anilines is 1. The summed E-state index contributed by atoms with van der Waals surface area (Å²) in [7, 11) is 0.